The van der Waals surface area contributed by atoms with E-state index in [9.17, 15) is 0 Å². The highest BCUT2D eigenvalue weighted by molar-refractivity contribution is 9.10. The van der Waals surface area contributed by atoms with E-state index in [1.165, 1.54) is 33.3 Å². The van der Waals surface area contributed by atoms with Crippen LogP contribution < -0.4 is 0 Å². The van der Waals surface area contributed by atoms with E-state index in [0.29, 0.717) is 0 Å². The van der Waals surface area contributed by atoms with E-state index in [1.54, 1.807) is 0 Å². The molecule has 0 saturated heterocycles. The Hall–Kier alpha value is -1.54. The van der Waals surface area contributed by atoms with Gasteiger partial charge in [-0.3, -0.25) is 0 Å². The summed E-state index contributed by atoms with van der Waals surface area (Å²) >= 11 is 3.58. The van der Waals surface area contributed by atoms with Gasteiger partial charge >= 0.3 is 0 Å². The number of nitrogens with zero attached hydrogens (tertiary/aromatic N) is 1. The van der Waals surface area contributed by atoms with Crippen LogP contribution in [0.2, 0.25) is 0 Å². The van der Waals surface area contributed by atoms with Crippen LogP contribution in [0.15, 0.2) is 46.9 Å². The van der Waals surface area contributed by atoms with Gasteiger partial charge in [-0.05, 0) is 29.3 Å². The summed E-state index contributed by atoms with van der Waals surface area (Å²) in [6.07, 6.45) is 1.05. The molecule has 1 nitrogen and oxygen atoms in total. The summed E-state index contributed by atoms with van der Waals surface area (Å²) in [7, 11) is 2.17. The molecular formula is C16H12BrN. The maximum atomic E-state index is 3.58. The first-order valence-corrected chi connectivity index (χ1v) is 6.90. The van der Waals surface area contributed by atoms with Gasteiger partial charge < -0.3 is 4.57 Å². The van der Waals surface area contributed by atoms with Gasteiger partial charge in [0.25, 0.3) is 0 Å². The molecule has 1 heterocycles. The topological polar surface area (TPSA) is 4.93 Å². The Balaban J connectivity index is 2.18. The van der Waals surface area contributed by atoms with Gasteiger partial charge in [-0.15, -0.1) is 0 Å². The fourth-order valence-corrected chi connectivity index (χ4v) is 3.44. The van der Waals surface area contributed by atoms with E-state index in [4.69, 9.17) is 0 Å². The Morgan fingerprint density at radius 1 is 1.11 bits per heavy atom. The van der Waals surface area contributed by atoms with Crippen LogP contribution in [0.4, 0.5) is 0 Å². The van der Waals surface area contributed by atoms with Crippen LogP contribution in [-0.4, -0.2) is 4.57 Å². The number of aromatic nitrogens is 1. The van der Waals surface area contributed by atoms with Crippen LogP contribution in [0.5, 0.6) is 0 Å². The molecule has 1 aliphatic rings. The average Bonchev–Trinajstić information content (AvgIpc) is 2.87. The number of halogens is 1. The minimum atomic E-state index is 1.05. The molecule has 0 atom stereocenters. The van der Waals surface area contributed by atoms with Crippen molar-refractivity contribution >= 4 is 26.8 Å². The van der Waals surface area contributed by atoms with Crippen molar-refractivity contribution in [3.63, 3.8) is 0 Å². The number of benzene rings is 2. The molecule has 0 radical (unpaired) electrons. The van der Waals surface area contributed by atoms with Crippen molar-refractivity contribution < 1.29 is 0 Å². The van der Waals surface area contributed by atoms with Gasteiger partial charge in [0.15, 0.2) is 0 Å². The number of fused-ring (bicyclic) bond motifs is 5. The van der Waals surface area contributed by atoms with Crippen molar-refractivity contribution in [2.24, 2.45) is 7.05 Å². The largest absolute Gasteiger partial charge is 0.347 e. The fraction of sp³-hybridized carbons (Fsp3) is 0.125. The number of hydrogen-bond donors (Lipinski definition) is 0. The van der Waals surface area contributed by atoms with Crippen molar-refractivity contribution in [3.05, 3.63) is 58.2 Å². The van der Waals surface area contributed by atoms with Gasteiger partial charge in [-0.1, -0.05) is 40.2 Å². The lowest BCUT2D eigenvalue weighted by atomic mass is 10.0. The molecule has 0 spiro atoms. The summed E-state index contributed by atoms with van der Waals surface area (Å²) in [5.74, 6) is 0. The van der Waals surface area contributed by atoms with E-state index < -0.39 is 0 Å². The van der Waals surface area contributed by atoms with Crippen LogP contribution in [0, 0.1) is 0 Å². The van der Waals surface area contributed by atoms with Crippen molar-refractivity contribution in [2.75, 3.05) is 0 Å². The normalized spacial score (nSPS) is 12.8. The van der Waals surface area contributed by atoms with Crippen molar-refractivity contribution in [1.29, 1.82) is 0 Å². The van der Waals surface area contributed by atoms with Crippen LogP contribution in [-0.2, 0) is 13.5 Å². The number of aryl methyl sites for hydroxylation is 1. The molecule has 1 aromatic heterocycles. The smallest absolute Gasteiger partial charge is 0.0487 e. The second kappa shape index (κ2) is 3.48. The van der Waals surface area contributed by atoms with E-state index >= 15 is 0 Å². The number of rotatable bonds is 0. The van der Waals surface area contributed by atoms with Crippen LogP contribution >= 0.6 is 15.9 Å². The standard InChI is InChI=1S/C16H12BrN/c1-18-14-7-6-11(17)9-13(14)16-12-5-3-2-4-10(12)8-15(16)18/h2-7,9H,8H2,1H3. The van der Waals surface area contributed by atoms with Crippen molar-refractivity contribution in [2.45, 2.75) is 6.42 Å². The molecule has 3 aromatic rings. The molecule has 2 heteroatoms. The molecule has 0 fully saturated rings. The first-order chi connectivity index (χ1) is 8.75. The Bertz CT molecular complexity index is 783. The molecule has 0 N–H and O–H groups in total. The lowest BCUT2D eigenvalue weighted by molar-refractivity contribution is 0.894. The molecule has 0 bridgehead atoms. The van der Waals surface area contributed by atoms with Gasteiger partial charge in [0.1, 0.15) is 0 Å². The Morgan fingerprint density at radius 3 is 2.83 bits per heavy atom. The van der Waals surface area contributed by atoms with Gasteiger partial charge in [-0.2, -0.15) is 0 Å². The predicted molar refractivity (Wildman–Crippen MR) is 78.9 cm³/mol. The molecule has 0 saturated carbocycles. The van der Waals surface area contributed by atoms with E-state index in [-0.39, 0.29) is 0 Å². The van der Waals surface area contributed by atoms with E-state index in [1.807, 2.05) is 0 Å². The third-order valence-electron chi connectivity index (χ3n) is 3.93. The molecule has 4 rings (SSSR count). The Kier molecular flexibility index (Phi) is 2.01. The molecule has 18 heavy (non-hydrogen) atoms. The minimum Gasteiger partial charge on any atom is -0.347 e. The van der Waals surface area contributed by atoms with Crippen LogP contribution in [0.3, 0.4) is 0 Å². The molecular weight excluding hydrogens is 286 g/mol. The lowest BCUT2D eigenvalue weighted by Crippen LogP contribution is -1.94. The fourth-order valence-electron chi connectivity index (χ4n) is 3.08. The minimum absolute atomic E-state index is 1.05. The van der Waals surface area contributed by atoms with Gasteiger partial charge in [0.2, 0.25) is 0 Å². The highest BCUT2D eigenvalue weighted by atomic mass is 79.9. The zero-order valence-corrected chi connectivity index (χ0v) is 11.7. The second-order valence-electron chi connectivity index (χ2n) is 4.88. The molecule has 0 aliphatic heterocycles. The van der Waals surface area contributed by atoms with Crippen molar-refractivity contribution in [3.8, 4) is 11.1 Å². The number of hydrogen-bond acceptors (Lipinski definition) is 0. The monoisotopic (exact) mass is 297 g/mol. The van der Waals surface area contributed by atoms with Gasteiger partial charge in [-0.25, -0.2) is 0 Å². The molecule has 2 aromatic carbocycles. The molecule has 88 valence electrons. The molecule has 1 aliphatic carbocycles. The first kappa shape index (κ1) is 10.4. The predicted octanol–water partition coefficient (Wildman–Crippen LogP) is 4.51. The Morgan fingerprint density at radius 2 is 1.94 bits per heavy atom. The maximum absolute atomic E-state index is 3.58. The quantitative estimate of drug-likeness (QED) is 0.450. The maximum Gasteiger partial charge on any atom is 0.0487 e. The second-order valence-corrected chi connectivity index (χ2v) is 5.79. The summed E-state index contributed by atoms with van der Waals surface area (Å²) < 4.78 is 3.48. The summed E-state index contributed by atoms with van der Waals surface area (Å²) in [5.41, 5.74) is 7.02. The Labute approximate surface area is 114 Å². The zero-order chi connectivity index (χ0) is 12.3. The third kappa shape index (κ3) is 1.21. The van der Waals surface area contributed by atoms with E-state index in [2.05, 4.69) is 70.0 Å². The summed E-state index contributed by atoms with van der Waals surface area (Å²) in [5, 5.41) is 1.35. The third-order valence-corrected chi connectivity index (χ3v) is 4.42. The SMILES string of the molecule is Cn1c2c(c3cc(Br)ccc31)-c1ccccc1C2. The summed E-state index contributed by atoms with van der Waals surface area (Å²) in [6.45, 7) is 0. The van der Waals surface area contributed by atoms with Crippen LogP contribution in [0.1, 0.15) is 11.3 Å². The highest BCUT2D eigenvalue weighted by Crippen LogP contribution is 2.43. The molecule has 0 unspecified atom stereocenters. The first-order valence-electron chi connectivity index (χ1n) is 6.11. The van der Waals surface area contributed by atoms with Gasteiger partial charge in [0, 0.05) is 40.1 Å². The average molecular weight is 298 g/mol. The van der Waals surface area contributed by atoms with E-state index in [0.717, 1.165) is 10.9 Å². The van der Waals surface area contributed by atoms with Crippen molar-refractivity contribution in [1.82, 2.24) is 4.57 Å². The summed E-state index contributed by atoms with van der Waals surface area (Å²) in [6, 6.07) is 15.3. The van der Waals surface area contributed by atoms with Crippen LogP contribution in [0.25, 0.3) is 22.0 Å². The zero-order valence-electron chi connectivity index (χ0n) is 10.1. The highest BCUT2D eigenvalue weighted by Gasteiger charge is 2.24. The van der Waals surface area contributed by atoms with Gasteiger partial charge in [0.05, 0.1) is 0 Å². The molecule has 0 amide bonds. The summed E-state index contributed by atoms with van der Waals surface area (Å²) in [4.78, 5) is 0. The lowest BCUT2D eigenvalue weighted by Gasteiger charge is -2.03.